The predicted molar refractivity (Wildman–Crippen MR) is 121 cm³/mol. The lowest BCUT2D eigenvalue weighted by atomic mass is 10.1. The van der Waals surface area contributed by atoms with E-state index in [1.807, 2.05) is 6.07 Å². The third-order valence-corrected chi connectivity index (χ3v) is 6.50. The molecule has 2 amide bonds. The van der Waals surface area contributed by atoms with Crippen LogP contribution in [0.2, 0.25) is 0 Å². The first-order valence-corrected chi connectivity index (χ1v) is 11.9. The number of carbonyl (C=O) groups excluding carboxylic acids is 2. The van der Waals surface area contributed by atoms with Gasteiger partial charge in [-0.05, 0) is 45.0 Å². The predicted octanol–water partition coefficient (Wildman–Crippen LogP) is 0.104. The van der Waals surface area contributed by atoms with E-state index in [4.69, 9.17) is 0 Å². The molecule has 0 unspecified atom stereocenters. The van der Waals surface area contributed by atoms with Crippen LogP contribution in [0.4, 0.5) is 5.69 Å². The molecule has 1 fully saturated rings. The Labute approximate surface area is 190 Å². The molecule has 0 atom stereocenters. The summed E-state index contributed by atoms with van der Waals surface area (Å²) in [6.45, 7) is 1.14. The van der Waals surface area contributed by atoms with E-state index in [1.165, 1.54) is 19.2 Å². The fourth-order valence-corrected chi connectivity index (χ4v) is 3.67. The van der Waals surface area contributed by atoms with Crippen molar-refractivity contribution < 1.29 is 18.0 Å². The van der Waals surface area contributed by atoms with Crippen LogP contribution in [-0.4, -0.2) is 49.1 Å². The second-order valence-electron chi connectivity index (χ2n) is 7.62. The molecule has 0 radical (unpaired) electrons. The number of aromatic nitrogens is 2. The van der Waals surface area contributed by atoms with Crippen LogP contribution in [0.25, 0.3) is 11.3 Å². The molecule has 12 heteroatoms. The van der Waals surface area contributed by atoms with Gasteiger partial charge in [0.15, 0.2) is 0 Å². The lowest BCUT2D eigenvalue weighted by Crippen LogP contribution is -2.37. The Kier molecular flexibility index (Phi) is 7.25. The Morgan fingerprint density at radius 1 is 1.27 bits per heavy atom. The fourth-order valence-electron chi connectivity index (χ4n) is 3.10. The van der Waals surface area contributed by atoms with Crippen molar-refractivity contribution in [2.75, 3.05) is 24.7 Å². The van der Waals surface area contributed by atoms with E-state index in [1.54, 1.807) is 19.1 Å². The highest BCUT2D eigenvalue weighted by molar-refractivity contribution is 7.89. The number of nitrogens with one attached hydrogen (secondary N) is 3. The van der Waals surface area contributed by atoms with Gasteiger partial charge in [0.1, 0.15) is 12.4 Å². The summed E-state index contributed by atoms with van der Waals surface area (Å²) < 4.78 is 26.2. The molecular weight excluding hydrogens is 448 g/mol. The molecule has 1 aliphatic rings. The zero-order valence-corrected chi connectivity index (χ0v) is 19.0. The number of sulfonamides is 1. The Morgan fingerprint density at radius 2 is 2.00 bits per heavy atom. The van der Waals surface area contributed by atoms with Crippen LogP contribution in [0.1, 0.15) is 24.2 Å². The van der Waals surface area contributed by atoms with Gasteiger partial charge >= 0.3 is 0 Å². The van der Waals surface area contributed by atoms with Gasteiger partial charge in [0, 0.05) is 24.1 Å². The van der Waals surface area contributed by atoms with E-state index in [-0.39, 0.29) is 36.5 Å². The summed E-state index contributed by atoms with van der Waals surface area (Å²) in [5.41, 5.74) is 1.03. The summed E-state index contributed by atoms with van der Waals surface area (Å²) in [4.78, 5) is 41.6. The molecule has 3 rings (SSSR count). The summed E-state index contributed by atoms with van der Waals surface area (Å²) in [5, 5.41) is 14.5. The van der Waals surface area contributed by atoms with E-state index >= 15 is 0 Å². The van der Waals surface area contributed by atoms with Crippen molar-refractivity contribution in [3.05, 3.63) is 46.0 Å². The van der Waals surface area contributed by atoms with Crippen molar-refractivity contribution in [1.29, 1.82) is 5.26 Å². The molecular formula is C21H24N6O5S. The molecule has 2 aromatic rings. The van der Waals surface area contributed by atoms with Crippen LogP contribution in [-0.2, 0) is 26.2 Å². The van der Waals surface area contributed by atoms with Crippen LogP contribution in [0.15, 0.2) is 29.1 Å². The van der Waals surface area contributed by atoms with Gasteiger partial charge in [-0.15, -0.1) is 0 Å². The number of nitrogens with zero attached hydrogens (tertiary/aromatic N) is 3. The van der Waals surface area contributed by atoms with E-state index in [9.17, 15) is 28.1 Å². The Balaban J connectivity index is 1.81. The first-order valence-electron chi connectivity index (χ1n) is 10.3. The SMILES string of the molecule is CNS(=O)(=O)CCNC(=O)Cn1c(C)nc(-c2ccc(C#N)cc2NC(=O)C2CC2)cc1=O. The van der Waals surface area contributed by atoms with Crippen molar-refractivity contribution >= 4 is 27.5 Å². The van der Waals surface area contributed by atoms with Gasteiger partial charge in [0.2, 0.25) is 21.8 Å². The summed E-state index contributed by atoms with van der Waals surface area (Å²) in [5.74, 6) is -0.744. The van der Waals surface area contributed by atoms with Crippen molar-refractivity contribution in [2.24, 2.45) is 5.92 Å². The monoisotopic (exact) mass is 472 g/mol. The van der Waals surface area contributed by atoms with Crippen LogP contribution in [0, 0.1) is 24.2 Å². The summed E-state index contributed by atoms with van der Waals surface area (Å²) in [7, 11) is -2.17. The first-order chi connectivity index (χ1) is 15.6. The lowest BCUT2D eigenvalue weighted by Gasteiger charge is -2.14. The topological polar surface area (TPSA) is 163 Å². The maximum atomic E-state index is 12.7. The highest BCUT2D eigenvalue weighted by Gasteiger charge is 2.30. The minimum absolute atomic E-state index is 0.0482. The van der Waals surface area contributed by atoms with Crippen LogP contribution in [0.5, 0.6) is 0 Å². The molecule has 0 bridgehead atoms. The number of carbonyl (C=O) groups is 2. The van der Waals surface area contributed by atoms with Crippen molar-refractivity contribution in [1.82, 2.24) is 19.6 Å². The number of rotatable bonds is 9. The van der Waals surface area contributed by atoms with Gasteiger partial charge in [0.25, 0.3) is 5.56 Å². The standard InChI is InChI=1S/C21H24N6O5S/c1-13-25-18(10-20(29)27(13)12-19(28)24-7-8-33(31,32)23-2)16-6-3-14(11-22)9-17(16)26-21(30)15-4-5-15/h3,6,9-10,15,23H,4-5,7-8,12H2,1-2H3,(H,24,28)(H,26,30). The molecule has 1 aliphatic carbocycles. The maximum absolute atomic E-state index is 12.7. The fraction of sp³-hybridized carbons (Fsp3) is 0.381. The van der Waals surface area contributed by atoms with Gasteiger partial charge in [-0.25, -0.2) is 18.1 Å². The minimum Gasteiger partial charge on any atom is -0.353 e. The molecule has 33 heavy (non-hydrogen) atoms. The van der Waals surface area contributed by atoms with Crippen LogP contribution < -0.4 is 20.9 Å². The second kappa shape index (κ2) is 9.93. The average Bonchev–Trinajstić information content (AvgIpc) is 3.61. The summed E-state index contributed by atoms with van der Waals surface area (Å²) >= 11 is 0. The van der Waals surface area contributed by atoms with E-state index in [0.29, 0.717) is 22.5 Å². The van der Waals surface area contributed by atoms with Crippen LogP contribution in [0.3, 0.4) is 0 Å². The maximum Gasteiger partial charge on any atom is 0.254 e. The Morgan fingerprint density at radius 3 is 2.61 bits per heavy atom. The number of benzene rings is 1. The zero-order valence-electron chi connectivity index (χ0n) is 18.2. The molecule has 0 aliphatic heterocycles. The molecule has 1 saturated carbocycles. The lowest BCUT2D eigenvalue weighted by molar-refractivity contribution is -0.121. The van der Waals surface area contributed by atoms with Gasteiger partial charge in [0.05, 0.1) is 28.8 Å². The number of hydrogen-bond donors (Lipinski definition) is 3. The molecule has 174 valence electrons. The quantitative estimate of drug-likeness (QED) is 0.466. The number of nitriles is 1. The highest BCUT2D eigenvalue weighted by Crippen LogP contribution is 2.33. The van der Waals surface area contributed by atoms with E-state index in [2.05, 4.69) is 20.3 Å². The van der Waals surface area contributed by atoms with E-state index in [0.717, 1.165) is 17.4 Å². The molecule has 1 aromatic carbocycles. The second-order valence-corrected chi connectivity index (χ2v) is 9.67. The number of hydrogen-bond acceptors (Lipinski definition) is 7. The molecule has 0 saturated heterocycles. The highest BCUT2D eigenvalue weighted by atomic mass is 32.2. The zero-order chi connectivity index (χ0) is 24.2. The number of amides is 2. The van der Waals surface area contributed by atoms with Gasteiger partial charge in [-0.3, -0.25) is 19.0 Å². The Bertz CT molecular complexity index is 1290. The first kappa shape index (κ1) is 24.1. The molecule has 1 heterocycles. The summed E-state index contributed by atoms with van der Waals surface area (Å²) in [6.07, 6.45) is 1.63. The van der Waals surface area contributed by atoms with E-state index < -0.39 is 21.5 Å². The van der Waals surface area contributed by atoms with Gasteiger partial charge in [-0.2, -0.15) is 5.26 Å². The van der Waals surface area contributed by atoms with Crippen LogP contribution >= 0.6 is 0 Å². The molecule has 11 nitrogen and oxygen atoms in total. The van der Waals surface area contributed by atoms with Gasteiger partial charge in [-0.1, -0.05) is 0 Å². The Hall–Kier alpha value is -3.56. The summed E-state index contributed by atoms with van der Waals surface area (Å²) in [6, 6.07) is 7.99. The minimum atomic E-state index is -3.46. The smallest absolute Gasteiger partial charge is 0.254 e. The molecule has 0 spiro atoms. The molecule has 1 aromatic heterocycles. The third-order valence-electron chi connectivity index (χ3n) is 5.14. The number of anilines is 1. The number of aryl methyl sites for hydroxylation is 1. The molecule has 3 N–H and O–H groups in total. The van der Waals surface area contributed by atoms with Crippen molar-refractivity contribution in [3.63, 3.8) is 0 Å². The average molecular weight is 473 g/mol. The third kappa shape index (κ3) is 6.24. The largest absolute Gasteiger partial charge is 0.353 e. The van der Waals surface area contributed by atoms with Crippen molar-refractivity contribution in [3.8, 4) is 17.3 Å². The normalized spacial score (nSPS) is 13.2. The van der Waals surface area contributed by atoms with Gasteiger partial charge < -0.3 is 10.6 Å². The van der Waals surface area contributed by atoms with Crippen molar-refractivity contribution in [2.45, 2.75) is 26.3 Å².